The standard InChI is InChI=1S/C12H15BrN4S/c1-7-8(2)18-11(16-7)6-10(17-14)12-9(13)4-3-5-15-12/h3-5,10,17H,6,14H2,1-2H3. The summed E-state index contributed by atoms with van der Waals surface area (Å²) in [5, 5.41) is 1.07. The molecule has 0 aliphatic heterocycles. The number of thiazole rings is 1. The molecule has 1 unspecified atom stereocenters. The van der Waals surface area contributed by atoms with Gasteiger partial charge in [0.2, 0.25) is 0 Å². The van der Waals surface area contributed by atoms with Crippen molar-refractivity contribution in [2.75, 3.05) is 0 Å². The van der Waals surface area contributed by atoms with E-state index in [-0.39, 0.29) is 6.04 Å². The zero-order valence-electron chi connectivity index (χ0n) is 10.3. The first kappa shape index (κ1) is 13.6. The van der Waals surface area contributed by atoms with Crippen LogP contribution >= 0.6 is 27.3 Å². The molecule has 0 amide bonds. The maximum absolute atomic E-state index is 5.63. The Kier molecular flexibility index (Phi) is 4.45. The molecule has 2 rings (SSSR count). The molecule has 4 nitrogen and oxygen atoms in total. The van der Waals surface area contributed by atoms with Crippen LogP contribution in [0.15, 0.2) is 22.8 Å². The van der Waals surface area contributed by atoms with E-state index in [1.54, 1.807) is 17.5 Å². The van der Waals surface area contributed by atoms with Crippen molar-refractivity contribution >= 4 is 27.3 Å². The number of hydrogen-bond acceptors (Lipinski definition) is 5. The van der Waals surface area contributed by atoms with E-state index in [1.807, 2.05) is 19.1 Å². The molecule has 0 spiro atoms. The molecule has 2 aromatic heterocycles. The van der Waals surface area contributed by atoms with Crippen molar-refractivity contribution in [1.29, 1.82) is 0 Å². The highest BCUT2D eigenvalue weighted by atomic mass is 79.9. The number of rotatable bonds is 4. The monoisotopic (exact) mass is 326 g/mol. The van der Waals surface area contributed by atoms with E-state index in [2.05, 4.69) is 38.2 Å². The molecule has 0 saturated carbocycles. The third-order valence-electron chi connectivity index (χ3n) is 2.77. The van der Waals surface area contributed by atoms with Gasteiger partial charge in [0.1, 0.15) is 0 Å². The van der Waals surface area contributed by atoms with Crippen LogP contribution in [0.5, 0.6) is 0 Å². The SMILES string of the molecule is Cc1nc(CC(NN)c2ncccc2Br)sc1C. The van der Waals surface area contributed by atoms with Gasteiger partial charge in [0.05, 0.1) is 22.4 Å². The third-order valence-corrected chi connectivity index (χ3v) is 4.54. The summed E-state index contributed by atoms with van der Waals surface area (Å²) in [6.45, 7) is 4.11. The molecular weight excluding hydrogens is 312 g/mol. The van der Waals surface area contributed by atoms with Crippen LogP contribution in [0.1, 0.15) is 27.3 Å². The summed E-state index contributed by atoms with van der Waals surface area (Å²) >= 11 is 5.20. The van der Waals surface area contributed by atoms with E-state index < -0.39 is 0 Å². The maximum Gasteiger partial charge on any atom is 0.0950 e. The topological polar surface area (TPSA) is 63.8 Å². The lowest BCUT2D eigenvalue weighted by Gasteiger charge is -2.15. The highest BCUT2D eigenvalue weighted by molar-refractivity contribution is 9.10. The lowest BCUT2D eigenvalue weighted by Crippen LogP contribution is -2.30. The summed E-state index contributed by atoms with van der Waals surface area (Å²) in [5.41, 5.74) is 4.81. The molecular formula is C12H15BrN4S. The van der Waals surface area contributed by atoms with Crippen molar-refractivity contribution in [1.82, 2.24) is 15.4 Å². The second-order valence-electron chi connectivity index (χ2n) is 4.04. The number of nitrogens with two attached hydrogens (primary N) is 1. The van der Waals surface area contributed by atoms with Crippen LogP contribution in [0.25, 0.3) is 0 Å². The maximum atomic E-state index is 5.63. The van der Waals surface area contributed by atoms with Gasteiger partial charge < -0.3 is 0 Å². The van der Waals surface area contributed by atoms with Crippen molar-refractivity contribution in [3.63, 3.8) is 0 Å². The Balaban J connectivity index is 2.22. The number of nitrogens with zero attached hydrogens (tertiary/aromatic N) is 2. The molecule has 0 fully saturated rings. The van der Waals surface area contributed by atoms with Crippen LogP contribution in [0.3, 0.4) is 0 Å². The van der Waals surface area contributed by atoms with Gasteiger partial charge in [-0.3, -0.25) is 16.3 Å². The molecule has 6 heteroatoms. The van der Waals surface area contributed by atoms with E-state index >= 15 is 0 Å². The Hall–Kier alpha value is -0.820. The number of nitrogens with one attached hydrogen (secondary N) is 1. The quantitative estimate of drug-likeness (QED) is 0.669. The van der Waals surface area contributed by atoms with Gasteiger partial charge in [0.25, 0.3) is 0 Å². The second kappa shape index (κ2) is 5.88. The molecule has 0 radical (unpaired) electrons. The minimum Gasteiger partial charge on any atom is -0.271 e. The van der Waals surface area contributed by atoms with E-state index in [0.717, 1.165) is 27.3 Å². The molecule has 0 saturated heterocycles. The van der Waals surface area contributed by atoms with Crippen LogP contribution in [-0.4, -0.2) is 9.97 Å². The van der Waals surface area contributed by atoms with Crippen LogP contribution in [0.2, 0.25) is 0 Å². The van der Waals surface area contributed by atoms with E-state index in [4.69, 9.17) is 5.84 Å². The molecule has 2 heterocycles. The van der Waals surface area contributed by atoms with Crippen molar-refractivity contribution in [2.24, 2.45) is 5.84 Å². The largest absolute Gasteiger partial charge is 0.271 e. The van der Waals surface area contributed by atoms with Crippen molar-refractivity contribution in [3.8, 4) is 0 Å². The highest BCUT2D eigenvalue weighted by Crippen LogP contribution is 2.26. The number of hydrazine groups is 1. The zero-order valence-corrected chi connectivity index (χ0v) is 12.7. The minimum atomic E-state index is -0.0366. The normalized spacial score (nSPS) is 12.7. The number of aryl methyl sites for hydroxylation is 2. The summed E-state index contributed by atoms with van der Waals surface area (Å²) in [6, 6.07) is 3.81. The summed E-state index contributed by atoms with van der Waals surface area (Å²) in [6.07, 6.45) is 2.51. The van der Waals surface area contributed by atoms with Crippen molar-refractivity contribution in [3.05, 3.63) is 44.1 Å². The van der Waals surface area contributed by atoms with Crippen LogP contribution in [0.4, 0.5) is 0 Å². The van der Waals surface area contributed by atoms with Gasteiger partial charge in [0, 0.05) is 22.0 Å². The fourth-order valence-corrected chi connectivity index (χ4v) is 3.20. The number of aromatic nitrogens is 2. The zero-order chi connectivity index (χ0) is 13.1. The van der Waals surface area contributed by atoms with Crippen molar-refractivity contribution < 1.29 is 0 Å². The lowest BCUT2D eigenvalue weighted by atomic mass is 10.1. The first-order valence-corrected chi connectivity index (χ1v) is 7.22. The molecule has 1 atom stereocenters. The Morgan fingerprint density at radius 2 is 2.28 bits per heavy atom. The Morgan fingerprint density at radius 1 is 1.50 bits per heavy atom. The van der Waals surface area contributed by atoms with Gasteiger partial charge in [-0.05, 0) is 41.9 Å². The predicted molar refractivity (Wildman–Crippen MR) is 77.3 cm³/mol. The minimum absolute atomic E-state index is 0.0366. The van der Waals surface area contributed by atoms with E-state index in [1.165, 1.54) is 4.88 Å². The molecule has 18 heavy (non-hydrogen) atoms. The van der Waals surface area contributed by atoms with Crippen LogP contribution in [-0.2, 0) is 6.42 Å². The van der Waals surface area contributed by atoms with Gasteiger partial charge in [-0.1, -0.05) is 0 Å². The number of hydrogen-bond donors (Lipinski definition) is 2. The smallest absolute Gasteiger partial charge is 0.0950 e. The molecule has 0 bridgehead atoms. The third kappa shape index (κ3) is 2.95. The average Bonchev–Trinajstić information content (AvgIpc) is 2.66. The molecule has 0 aliphatic rings. The molecule has 0 aromatic carbocycles. The lowest BCUT2D eigenvalue weighted by molar-refractivity contribution is 0.534. The molecule has 3 N–H and O–H groups in total. The highest BCUT2D eigenvalue weighted by Gasteiger charge is 2.17. The summed E-state index contributed by atoms with van der Waals surface area (Å²) in [7, 11) is 0. The summed E-state index contributed by atoms with van der Waals surface area (Å²) in [4.78, 5) is 10.1. The van der Waals surface area contributed by atoms with Crippen LogP contribution in [0, 0.1) is 13.8 Å². The molecule has 96 valence electrons. The fraction of sp³-hybridized carbons (Fsp3) is 0.333. The Morgan fingerprint density at radius 3 is 2.83 bits per heavy atom. The van der Waals surface area contributed by atoms with E-state index in [9.17, 15) is 0 Å². The Labute approximate surface area is 119 Å². The van der Waals surface area contributed by atoms with Gasteiger partial charge in [-0.2, -0.15) is 0 Å². The fourth-order valence-electron chi connectivity index (χ4n) is 1.69. The number of halogens is 1. The summed E-state index contributed by atoms with van der Waals surface area (Å²) < 4.78 is 0.956. The van der Waals surface area contributed by atoms with Gasteiger partial charge >= 0.3 is 0 Å². The van der Waals surface area contributed by atoms with Crippen LogP contribution < -0.4 is 11.3 Å². The average molecular weight is 327 g/mol. The molecule has 0 aliphatic carbocycles. The first-order chi connectivity index (χ1) is 8.61. The Bertz CT molecular complexity index is 521. The van der Waals surface area contributed by atoms with Gasteiger partial charge in [-0.15, -0.1) is 11.3 Å². The number of pyridine rings is 1. The van der Waals surface area contributed by atoms with Gasteiger partial charge in [0.15, 0.2) is 0 Å². The van der Waals surface area contributed by atoms with Gasteiger partial charge in [-0.25, -0.2) is 4.98 Å². The first-order valence-electron chi connectivity index (χ1n) is 5.61. The van der Waals surface area contributed by atoms with Crippen molar-refractivity contribution in [2.45, 2.75) is 26.3 Å². The predicted octanol–water partition coefficient (Wildman–Crippen LogP) is 2.66. The summed E-state index contributed by atoms with van der Waals surface area (Å²) in [5.74, 6) is 5.63. The van der Waals surface area contributed by atoms with E-state index in [0.29, 0.717) is 0 Å². The molecule has 2 aromatic rings. The second-order valence-corrected chi connectivity index (χ2v) is 6.19.